The Bertz CT molecular complexity index is 863. The lowest BCUT2D eigenvalue weighted by Gasteiger charge is -2.20. The Morgan fingerprint density at radius 1 is 0.923 bits per heavy atom. The van der Waals surface area contributed by atoms with Crippen LogP contribution in [0.25, 0.3) is 0 Å². The normalized spacial score (nSPS) is 11.6. The molecule has 0 fully saturated rings. The van der Waals surface area contributed by atoms with Crippen molar-refractivity contribution in [1.29, 1.82) is 0 Å². The molecule has 1 N–H and O–H groups in total. The summed E-state index contributed by atoms with van der Waals surface area (Å²) in [5.74, 6) is 0.287. The van der Waals surface area contributed by atoms with Crippen LogP contribution in [0.15, 0.2) is 78.9 Å². The fraction of sp³-hybridized carbons (Fsp3) is 0.136. The second-order valence-electron chi connectivity index (χ2n) is 6.04. The zero-order valence-corrected chi connectivity index (χ0v) is 15.2. The van der Waals surface area contributed by atoms with Gasteiger partial charge in [0.1, 0.15) is 5.75 Å². The highest BCUT2D eigenvalue weighted by molar-refractivity contribution is 6.32. The first-order chi connectivity index (χ1) is 12.6. The molecule has 0 bridgehead atoms. The van der Waals surface area contributed by atoms with E-state index in [1.54, 1.807) is 12.1 Å². The number of nitrogens with one attached hydrogen (secondary N) is 1. The molecule has 0 aliphatic carbocycles. The third-order valence-corrected chi connectivity index (χ3v) is 4.36. The molecule has 0 aromatic heterocycles. The molecule has 0 aliphatic heterocycles. The number of ether oxygens (including phenoxy) is 1. The van der Waals surface area contributed by atoms with E-state index in [-0.39, 0.29) is 18.6 Å². The van der Waals surface area contributed by atoms with E-state index in [2.05, 4.69) is 5.32 Å². The predicted octanol–water partition coefficient (Wildman–Crippen LogP) is 4.93. The Hall–Kier alpha value is -2.78. The molecule has 0 radical (unpaired) electrons. The Morgan fingerprint density at radius 2 is 1.54 bits per heavy atom. The second kappa shape index (κ2) is 8.54. The molecule has 0 saturated carbocycles. The molecule has 1 atom stereocenters. The van der Waals surface area contributed by atoms with E-state index in [1.165, 1.54) is 5.56 Å². The van der Waals surface area contributed by atoms with Crippen LogP contribution in [0.5, 0.6) is 5.75 Å². The first-order valence-corrected chi connectivity index (χ1v) is 8.79. The van der Waals surface area contributed by atoms with E-state index >= 15 is 0 Å². The Morgan fingerprint density at radius 3 is 2.23 bits per heavy atom. The average Bonchev–Trinajstić information content (AvgIpc) is 2.67. The van der Waals surface area contributed by atoms with Crippen molar-refractivity contribution >= 4 is 17.5 Å². The smallest absolute Gasteiger partial charge is 0.258 e. The van der Waals surface area contributed by atoms with Gasteiger partial charge >= 0.3 is 0 Å². The molecule has 132 valence electrons. The van der Waals surface area contributed by atoms with Crippen molar-refractivity contribution in [2.24, 2.45) is 0 Å². The zero-order chi connectivity index (χ0) is 18.4. The number of hydrogen-bond donors (Lipinski definition) is 1. The number of hydrogen-bond acceptors (Lipinski definition) is 2. The Balaban J connectivity index is 1.74. The van der Waals surface area contributed by atoms with Crippen molar-refractivity contribution in [3.05, 3.63) is 101 Å². The minimum atomic E-state index is -0.237. The molecule has 3 nitrogen and oxygen atoms in total. The first kappa shape index (κ1) is 18.0. The average molecular weight is 366 g/mol. The van der Waals surface area contributed by atoms with Crippen LogP contribution >= 0.6 is 11.6 Å². The van der Waals surface area contributed by atoms with Crippen LogP contribution in [0.1, 0.15) is 22.7 Å². The van der Waals surface area contributed by atoms with Crippen molar-refractivity contribution < 1.29 is 9.53 Å². The molecule has 0 unspecified atom stereocenters. The number of benzene rings is 3. The van der Waals surface area contributed by atoms with Crippen LogP contribution in [-0.4, -0.2) is 12.5 Å². The van der Waals surface area contributed by atoms with E-state index in [0.29, 0.717) is 10.8 Å². The molecule has 1 amide bonds. The quantitative estimate of drug-likeness (QED) is 0.672. The van der Waals surface area contributed by atoms with E-state index in [0.717, 1.165) is 11.1 Å². The van der Waals surface area contributed by atoms with Crippen LogP contribution in [0.3, 0.4) is 0 Å². The molecule has 3 rings (SSSR count). The number of carbonyl (C=O) groups is 1. The molecule has 0 spiro atoms. The molecular weight excluding hydrogens is 346 g/mol. The Labute approximate surface area is 158 Å². The van der Waals surface area contributed by atoms with Gasteiger partial charge in [0.15, 0.2) is 6.61 Å². The largest absolute Gasteiger partial charge is 0.482 e. The van der Waals surface area contributed by atoms with Crippen molar-refractivity contribution in [3.63, 3.8) is 0 Å². The van der Waals surface area contributed by atoms with Crippen LogP contribution in [-0.2, 0) is 4.79 Å². The summed E-state index contributed by atoms with van der Waals surface area (Å²) < 4.78 is 5.55. The molecule has 0 heterocycles. The maximum absolute atomic E-state index is 12.5. The van der Waals surface area contributed by atoms with Gasteiger partial charge in [-0.1, -0.05) is 83.9 Å². The topological polar surface area (TPSA) is 38.3 Å². The third-order valence-electron chi connectivity index (χ3n) is 4.04. The minimum Gasteiger partial charge on any atom is -0.482 e. The highest BCUT2D eigenvalue weighted by Crippen LogP contribution is 2.24. The maximum atomic E-state index is 12.5. The first-order valence-electron chi connectivity index (χ1n) is 8.41. The molecule has 0 aliphatic rings. The van der Waals surface area contributed by atoms with Crippen molar-refractivity contribution in [3.8, 4) is 5.75 Å². The monoisotopic (exact) mass is 365 g/mol. The lowest BCUT2D eigenvalue weighted by atomic mass is 9.98. The van der Waals surface area contributed by atoms with Gasteiger partial charge in [0, 0.05) is 0 Å². The van der Waals surface area contributed by atoms with E-state index in [4.69, 9.17) is 16.3 Å². The number of carbonyl (C=O) groups excluding carboxylic acids is 1. The summed E-state index contributed by atoms with van der Waals surface area (Å²) in [6, 6.07) is 24.9. The van der Waals surface area contributed by atoms with E-state index in [1.807, 2.05) is 73.7 Å². The van der Waals surface area contributed by atoms with E-state index in [9.17, 15) is 4.79 Å². The van der Waals surface area contributed by atoms with E-state index < -0.39 is 0 Å². The van der Waals surface area contributed by atoms with Crippen molar-refractivity contribution in [1.82, 2.24) is 5.32 Å². The minimum absolute atomic E-state index is 0.0983. The van der Waals surface area contributed by atoms with Gasteiger partial charge in [0.05, 0.1) is 11.1 Å². The SMILES string of the molecule is Cc1ccc([C@@H](NC(=O)COc2ccccc2Cl)c2ccccc2)cc1. The van der Waals surface area contributed by atoms with Crippen LogP contribution in [0.4, 0.5) is 0 Å². The Kier molecular flexibility index (Phi) is 5.92. The summed E-state index contributed by atoms with van der Waals surface area (Å²) in [4.78, 5) is 12.5. The molecule has 3 aromatic carbocycles. The van der Waals surface area contributed by atoms with Gasteiger partial charge in [-0.2, -0.15) is 0 Å². The number of aryl methyl sites for hydroxylation is 1. The van der Waals surface area contributed by atoms with Gasteiger partial charge in [-0.05, 0) is 30.2 Å². The third kappa shape index (κ3) is 4.64. The maximum Gasteiger partial charge on any atom is 0.258 e. The van der Waals surface area contributed by atoms with Gasteiger partial charge in [-0.15, -0.1) is 0 Å². The molecule has 3 aromatic rings. The molecule has 4 heteroatoms. The predicted molar refractivity (Wildman–Crippen MR) is 105 cm³/mol. The lowest BCUT2D eigenvalue weighted by Crippen LogP contribution is -2.33. The van der Waals surface area contributed by atoms with Gasteiger partial charge in [0.2, 0.25) is 0 Å². The standard InChI is InChI=1S/C22H20ClNO2/c1-16-11-13-18(14-12-16)22(17-7-3-2-4-8-17)24-21(25)15-26-20-10-6-5-9-19(20)23/h2-14,22H,15H2,1H3,(H,24,25)/t22-/m0/s1. The number of para-hydroxylation sites is 1. The van der Waals surface area contributed by atoms with Crippen LogP contribution < -0.4 is 10.1 Å². The molecule has 0 saturated heterocycles. The van der Waals surface area contributed by atoms with Crippen molar-refractivity contribution in [2.45, 2.75) is 13.0 Å². The number of rotatable bonds is 6. The highest BCUT2D eigenvalue weighted by Gasteiger charge is 2.17. The fourth-order valence-corrected chi connectivity index (χ4v) is 2.86. The summed E-state index contributed by atoms with van der Waals surface area (Å²) in [6.07, 6.45) is 0. The van der Waals surface area contributed by atoms with Crippen LogP contribution in [0, 0.1) is 6.92 Å². The lowest BCUT2D eigenvalue weighted by molar-refractivity contribution is -0.123. The number of amides is 1. The molecular formula is C22H20ClNO2. The summed E-state index contributed by atoms with van der Waals surface area (Å²) in [5.41, 5.74) is 3.21. The summed E-state index contributed by atoms with van der Waals surface area (Å²) in [6.45, 7) is 1.94. The summed E-state index contributed by atoms with van der Waals surface area (Å²) in [5, 5.41) is 3.54. The van der Waals surface area contributed by atoms with Crippen molar-refractivity contribution in [2.75, 3.05) is 6.61 Å². The van der Waals surface area contributed by atoms with Crippen LogP contribution in [0.2, 0.25) is 5.02 Å². The van der Waals surface area contributed by atoms with Gasteiger partial charge in [-0.25, -0.2) is 0 Å². The summed E-state index contributed by atoms with van der Waals surface area (Å²) >= 11 is 6.06. The van der Waals surface area contributed by atoms with Gasteiger partial charge in [0.25, 0.3) is 5.91 Å². The second-order valence-corrected chi connectivity index (χ2v) is 6.45. The summed E-state index contributed by atoms with van der Waals surface area (Å²) in [7, 11) is 0. The highest BCUT2D eigenvalue weighted by atomic mass is 35.5. The zero-order valence-electron chi connectivity index (χ0n) is 14.5. The van der Waals surface area contributed by atoms with Gasteiger partial charge in [-0.3, -0.25) is 4.79 Å². The molecule has 26 heavy (non-hydrogen) atoms. The van der Waals surface area contributed by atoms with Gasteiger partial charge < -0.3 is 10.1 Å². The fourth-order valence-electron chi connectivity index (χ4n) is 2.67. The number of halogens is 1.